The first-order valence-corrected chi connectivity index (χ1v) is 21.3. The van der Waals surface area contributed by atoms with E-state index in [0.29, 0.717) is 0 Å². The van der Waals surface area contributed by atoms with Crippen LogP contribution in [0.4, 0.5) is 0 Å². The van der Waals surface area contributed by atoms with Crippen LogP contribution in [0.1, 0.15) is 22.5 Å². The summed E-state index contributed by atoms with van der Waals surface area (Å²) in [7, 11) is 0. The number of benzene rings is 11. The van der Waals surface area contributed by atoms with Gasteiger partial charge in [-0.3, -0.25) is 0 Å². The van der Waals surface area contributed by atoms with Gasteiger partial charge in [-0.1, -0.05) is 170 Å². The minimum atomic E-state index is 0.933. The molecule has 0 aliphatic heterocycles. The van der Waals surface area contributed by atoms with E-state index in [0.717, 1.165) is 44.3 Å². The van der Waals surface area contributed by atoms with Crippen LogP contribution in [0.25, 0.3) is 133 Å². The zero-order valence-electron chi connectivity index (χ0n) is 33.7. The Kier molecular flexibility index (Phi) is 7.64. The molecule has 13 aromatic rings. The van der Waals surface area contributed by atoms with E-state index in [1.165, 1.54) is 86.9 Å². The van der Waals surface area contributed by atoms with E-state index >= 15 is 0 Å². The number of fused-ring (bicyclic) bond motifs is 2. The predicted octanol–water partition coefficient (Wildman–Crippen LogP) is 16.3. The number of rotatable bonds is 6. The van der Waals surface area contributed by atoms with Gasteiger partial charge in [0, 0.05) is 10.8 Å². The Balaban J connectivity index is 0.717. The zero-order valence-corrected chi connectivity index (χ0v) is 33.7. The van der Waals surface area contributed by atoms with Crippen LogP contribution >= 0.6 is 0 Å². The molecule has 0 bridgehead atoms. The van der Waals surface area contributed by atoms with Crippen molar-refractivity contribution in [2.75, 3.05) is 0 Å². The molecule has 0 fully saturated rings. The number of nitrogens with zero attached hydrogens (tertiary/aromatic N) is 2. The number of hydrogen-bond acceptors (Lipinski definition) is 2. The highest BCUT2D eigenvalue weighted by molar-refractivity contribution is 6.26. The molecule has 286 valence electrons. The highest BCUT2D eigenvalue weighted by atomic mass is 14.7. The van der Waals surface area contributed by atoms with E-state index in [4.69, 9.17) is 9.97 Å². The molecule has 0 aliphatic carbocycles. The zero-order chi connectivity index (χ0) is 40.7. The van der Waals surface area contributed by atoms with E-state index in [2.05, 4.69) is 218 Å². The summed E-state index contributed by atoms with van der Waals surface area (Å²) in [5, 5.41) is 17.9. The van der Waals surface area contributed by atoms with E-state index < -0.39 is 0 Å². The van der Waals surface area contributed by atoms with Crippen LogP contribution < -0.4 is 0 Å². The molecule has 2 heteroatoms. The molecule has 0 aliphatic rings. The van der Waals surface area contributed by atoms with Gasteiger partial charge in [-0.25, -0.2) is 9.97 Å². The van der Waals surface area contributed by atoms with Crippen LogP contribution in [0, 0.1) is 0 Å². The topological polar surface area (TPSA) is 25.8 Å². The van der Waals surface area contributed by atoms with Gasteiger partial charge >= 0.3 is 0 Å². The maximum Gasteiger partial charge on any atom is 0.0709 e. The molecule has 0 saturated carbocycles. The fourth-order valence-electron chi connectivity index (χ4n) is 9.86. The van der Waals surface area contributed by atoms with Crippen molar-refractivity contribution in [1.29, 1.82) is 0 Å². The molecule has 2 nitrogen and oxygen atoms in total. The predicted molar refractivity (Wildman–Crippen MR) is 266 cm³/mol. The van der Waals surface area contributed by atoms with Gasteiger partial charge in [0.05, 0.1) is 22.4 Å². The molecule has 2 heterocycles. The molecule has 13 rings (SSSR count). The normalized spacial score (nSPS) is 12.4. The molecule has 2 aromatic heterocycles. The maximum atomic E-state index is 5.00. The van der Waals surface area contributed by atoms with Crippen LogP contribution in [0.3, 0.4) is 0 Å². The largest absolute Gasteiger partial charge is 0.248 e. The number of hydrogen-bond donors (Lipinski definition) is 0. The Morgan fingerprint density at radius 1 is 0.274 bits per heavy atom. The molecule has 0 atom stereocenters. The van der Waals surface area contributed by atoms with Gasteiger partial charge in [-0.05, 0) is 147 Å². The Labute approximate surface area is 358 Å². The van der Waals surface area contributed by atoms with Crippen LogP contribution in [0.2, 0.25) is 0 Å². The third-order valence-electron chi connectivity index (χ3n) is 12.9. The monoisotopic (exact) mass is 784 g/mol. The maximum absolute atomic E-state index is 5.00. The van der Waals surface area contributed by atoms with Crippen molar-refractivity contribution in [3.8, 4) is 22.3 Å². The van der Waals surface area contributed by atoms with Crippen molar-refractivity contribution in [1.82, 2.24) is 9.97 Å². The molecule has 0 spiro atoms. The quantitative estimate of drug-likeness (QED) is 0.157. The lowest BCUT2D eigenvalue weighted by Gasteiger charge is -2.14. The Morgan fingerprint density at radius 2 is 0.645 bits per heavy atom. The summed E-state index contributed by atoms with van der Waals surface area (Å²) < 4.78 is 0. The highest BCUT2D eigenvalue weighted by Crippen LogP contribution is 2.41. The molecule has 0 N–H and O–H groups in total. The molecule has 11 aromatic carbocycles. The minimum absolute atomic E-state index is 0.933. The summed E-state index contributed by atoms with van der Waals surface area (Å²) in [6.07, 6.45) is 8.44. The molecule has 62 heavy (non-hydrogen) atoms. The Morgan fingerprint density at radius 3 is 1.08 bits per heavy atom. The molecule has 0 amide bonds. The van der Waals surface area contributed by atoms with Crippen molar-refractivity contribution < 1.29 is 0 Å². The molecular weight excluding hydrogens is 749 g/mol. The first-order chi connectivity index (χ1) is 30.7. The van der Waals surface area contributed by atoms with Gasteiger partial charge in [0.25, 0.3) is 0 Å². The summed E-state index contributed by atoms with van der Waals surface area (Å²) in [6, 6.07) is 70.6. The fraction of sp³-hybridized carbons (Fsp3) is 0. The van der Waals surface area contributed by atoms with Gasteiger partial charge in [0.2, 0.25) is 0 Å². The lowest BCUT2D eigenvalue weighted by Crippen LogP contribution is -1.88. The Bertz CT molecular complexity index is 3670. The van der Waals surface area contributed by atoms with Crippen LogP contribution in [-0.2, 0) is 0 Å². The lowest BCUT2D eigenvalue weighted by atomic mass is 9.89. The highest BCUT2D eigenvalue weighted by Gasteiger charge is 2.14. The van der Waals surface area contributed by atoms with Crippen LogP contribution in [0.5, 0.6) is 0 Å². The van der Waals surface area contributed by atoms with E-state index in [1.807, 2.05) is 0 Å². The van der Waals surface area contributed by atoms with Crippen molar-refractivity contribution >= 4 is 111 Å². The summed E-state index contributed by atoms with van der Waals surface area (Å²) >= 11 is 0. The first-order valence-electron chi connectivity index (χ1n) is 21.3. The minimum Gasteiger partial charge on any atom is -0.248 e. The lowest BCUT2D eigenvalue weighted by molar-refractivity contribution is 1.37. The third kappa shape index (κ3) is 5.65. The van der Waals surface area contributed by atoms with Crippen molar-refractivity contribution in [2.45, 2.75) is 0 Å². The summed E-state index contributed by atoms with van der Waals surface area (Å²) in [4.78, 5) is 10.00. The Hall–Kier alpha value is -8.20. The van der Waals surface area contributed by atoms with Crippen LogP contribution in [-0.4, -0.2) is 9.97 Å². The van der Waals surface area contributed by atoms with E-state index in [-0.39, 0.29) is 0 Å². The summed E-state index contributed by atoms with van der Waals surface area (Å²) in [5.41, 5.74) is 11.0. The smallest absolute Gasteiger partial charge is 0.0709 e. The van der Waals surface area contributed by atoms with Crippen molar-refractivity contribution in [3.05, 3.63) is 217 Å². The van der Waals surface area contributed by atoms with Crippen LogP contribution in [0.15, 0.2) is 194 Å². The molecule has 0 saturated heterocycles. The molecule has 0 unspecified atom stereocenters. The molecule has 0 radical (unpaired) electrons. The third-order valence-corrected chi connectivity index (χ3v) is 12.9. The van der Waals surface area contributed by atoms with E-state index in [1.54, 1.807) is 0 Å². The fourth-order valence-corrected chi connectivity index (χ4v) is 9.86. The number of aromatic nitrogens is 2. The first kappa shape index (κ1) is 34.6. The number of pyridine rings is 2. The second-order valence-electron chi connectivity index (χ2n) is 16.6. The molecular formula is C60H36N2. The van der Waals surface area contributed by atoms with E-state index in [9.17, 15) is 0 Å². The van der Waals surface area contributed by atoms with Gasteiger partial charge in [0.1, 0.15) is 0 Å². The van der Waals surface area contributed by atoms with Gasteiger partial charge in [0.15, 0.2) is 0 Å². The second kappa shape index (κ2) is 13.7. The van der Waals surface area contributed by atoms with Crippen molar-refractivity contribution in [3.63, 3.8) is 0 Å². The standard InChI is InChI=1S/C60H36N2/c1-3-39-13-15-43-19-29-51(53-31-21-41(5-1)57(39)59(43)53)45-23-33-55-47(35-45)17-27-49(61-55)25-11-37-7-9-38(10-8-37)12-26-50-28-18-48-36-46(24-34-56(48)62-50)52-30-20-44-16-14-40-4-2-6-42-22-32-54(52)60(44)58(40)42/h1-36H/b25-11+,26-12+. The second-order valence-corrected chi connectivity index (χ2v) is 16.6. The van der Waals surface area contributed by atoms with Gasteiger partial charge < -0.3 is 0 Å². The van der Waals surface area contributed by atoms with Gasteiger partial charge in [-0.2, -0.15) is 0 Å². The average Bonchev–Trinajstić information content (AvgIpc) is 3.33. The van der Waals surface area contributed by atoms with Gasteiger partial charge in [-0.15, -0.1) is 0 Å². The summed E-state index contributed by atoms with van der Waals surface area (Å²) in [5.74, 6) is 0. The van der Waals surface area contributed by atoms with Crippen molar-refractivity contribution in [2.24, 2.45) is 0 Å². The SMILES string of the molecule is C(=C\c1ccc2cc(-c3ccc4ccc5cccc6ccc3c4c56)ccc2n1)/c1ccc(/C=C/c2ccc3cc(-c4ccc5ccc6cccc7ccc4c5c67)ccc3n2)cc1. The summed E-state index contributed by atoms with van der Waals surface area (Å²) in [6.45, 7) is 0. The average molecular weight is 785 g/mol.